The van der Waals surface area contributed by atoms with Gasteiger partial charge in [-0.05, 0) is 30.3 Å². The third-order valence-electron chi connectivity index (χ3n) is 3.21. The molecule has 0 aliphatic carbocycles. The van der Waals surface area contributed by atoms with Crippen molar-refractivity contribution < 1.29 is 31.1 Å². The molecule has 0 aromatic heterocycles. The van der Waals surface area contributed by atoms with Crippen molar-refractivity contribution in [1.29, 1.82) is 0 Å². The number of para-hydroxylation sites is 1. The van der Waals surface area contributed by atoms with Gasteiger partial charge in [0.2, 0.25) is 0 Å². The van der Waals surface area contributed by atoms with Crippen LogP contribution < -0.4 is 16.2 Å². The molecule has 140 valence electrons. The van der Waals surface area contributed by atoms with Crippen molar-refractivity contribution in [2.75, 3.05) is 17.3 Å². The van der Waals surface area contributed by atoms with Gasteiger partial charge in [-0.15, -0.1) is 0 Å². The summed E-state index contributed by atoms with van der Waals surface area (Å²) < 4.78 is 76.3. The Bertz CT molecular complexity index is 773. The van der Waals surface area contributed by atoms with Crippen molar-refractivity contribution in [3.05, 3.63) is 59.7 Å². The van der Waals surface area contributed by atoms with Crippen LogP contribution in [0.1, 0.15) is 11.1 Å². The summed E-state index contributed by atoms with van der Waals surface area (Å²) in [6, 6.07) is 8.71. The smallest absolute Gasteiger partial charge is 0.376 e. The van der Waals surface area contributed by atoms with Crippen LogP contribution in [-0.2, 0) is 17.1 Å². The highest BCUT2D eigenvalue weighted by molar-refractivity contribution is 5.82. The van der Waals surface area contributed by atoms with Crippen LogP contribution in [0.3, 0.4) is 0 Å². The van der Waals surface area contributed by atoms with Gasteiger partial charge in [0.05, 0.1) is 23.4 Å². The highest BCUT2D eigenvalue weighted by Crippen LogP contribution is 2.34. The number of alkyl halides is 6. The first-order valence-corrected chi connectivity index (χ1v) is 7.19. The first-order chi connectivity index (χ1) is 12.1. The monoisotopic (exact) mass is 377 g/mol. The molecule has 0 spiro atoms. The van der Waals surface area contributed by atoms with Crippen LogP contribution >= 0.6 is 0 Å². The summed E-state index contributed by atoms with van der Waals surface area (Å²) in [5.74, 6) is -0.764. The van der Waals surface area contributed by atoms with E-state index in [0.29, 0.717) is 0 Å². The first-order valence-electron chi connectivity index (χ1n) is 7.19. The van der Waals surface area contributed by atoms with E-state index < -0.39 is 35.9 Å². The van der Waals surface area contributed by atoms with Crippen molar-refractivity contribution in [3.63, 3.8) is 0 Å². The summed E-state index contributed by atoms with van der Waals surface area (Å²) >= 11 is 0. The van der Waals surface area contributed by atoms with E-state index in [9.17, 15) is 31.1 Å². The molecule has 2 rings (SSSR count). The molecule has 0 unspecified atom stereocenters. The lowest BCUT2D eigenvalue weighted by Crippen LogP contribution is -2.35. The number of amides is 1. The Morgan fingerprint density at radius 3 is 2.23 bits per heavy atom. The van der Waals surface area contributed by atoms with Gasteiger partial charge < -0.3 is 5.32 Å². The molecule has 0 saturated heterocycles. The second kappa shape index (κ2) is 7.54. The molecule has 0 aliphatic heterocycles. The Kier molecular flexibility index (Phi) is 5.63. The number of hydrazine groups is 1. The average Bonchev–Trinajstić information content (AvgIpc) is 2.57. The number of nitrogens with one attached hydrogen (secondary N) is 3. The standard InChI is InChI=1S/C16H13F6N3O/c17-15(18,19)10-4-3-5-11(8-10)23-9-14(26)25-24-13-7-2-1-6-12(13)16(20,21)22/h1-8,23-24H,9H2,(H,25,26). The average molecular weight is 377 g/mol. The minimum Gasteiger partial charge on any atom is -0.376 e. The summed E-state index contributed by atoms with van der Waals surface area (Å²) in [5.41, 5.74) is 2.04. The molecule has 10 heteroatoms. The fourth-order valence-electron chi connectivity index (χ4n) is 2.01. The van der Waals surface area contributed by atoms with Crippen LogP contribution in [0.5, 0.6) is 0 Å². The number of carbonyl (C=O) groups is 1. The molecular weight excluding hydrogens is 364 g/mol. The van der Waals surface area contributed by atoms with Gasteiger partial charge in [-0.1, -0.05) is 18.2 Å². The molecule has 0 aliphatic rings. The van der Waals surface area contributed by atoms with E-state index in [-0.39, 0.29) is 11.4 Å². The van der Waals surface area contributed by atoms with Crippen LogP contribution in [-0.4, -0.2) is 12.5 Å². The first kappa shape index (κ1) is 19.4. The van der Waals surface area contributed by atoms with Crippen molar-refractivity contribution in [3.8, 4) is 0 Å². The van der Waals surface area contributed by atoms with Gasteiger partial charge in [0.15, 0.2) is 0 Å². The highest BCUT2D eigenvalue weighted by Gasteiger charge is 2.33. The fraction of sp³-hybridized carbons (Fsp3) is 0.188. The normalized spacial score (nSPS) is 11.8. The SMILES string of the molecule is O=C(CNc1cccc(C(F)(F)F)c1)NNc1ccccc1C(F)(F)F. The fourth-order valence-corrected chi connectivity index (χ4v) is 2.01. The zero-order valence-electron chi connectivity index (χ0n) is 13.0. The maximum Gasteiger partial charge on any atom is 0.418 e. The van der Waals surface area contributed by atoms with Gasteiger partial charge in [-0.2, -0.15) is 26.3 Å². The van der Waals surface area contributed by atoms with E-state index in [4.69, 9.17) is 0 Å². The Morgan fingerprint density at radius 2 is 1.58 bits per heavy atom. The number of benzene rings is 2. The number of carbonyl (C=O) groups excluding carboxylic acids is 1. The van der Waals surface area contributed by atoms with Gasteiger partial charge in [-0.25, -0.2) is 0 Å². The molecule has 0 radical (unpaired) electrons. The molecule has 1 amide bonds. The van der Waals surface area contributed by atoms with Crippen LogP contribution in [0.25, 0.3) is 0 Å². The second-order valence-electron chi connectivity index (χ2n) is 5.15. The van der Waals surface area contributed by atoms with E-state index in [2.05, 4.69) is 16.2 Å². The quantitative estimate of drug-likeness (QED) is 0.539. The molecule has 26 heavy (non-hydrogen) atoms. The van der Waals surface area contributed by atoms with Crippen LogP contribution in [0.15, 0.2) is 48.5 Å². The van der Waals surface area contributed by atoms with Gasteiger partial charge in [-0.3, -0.25) is 15.6 Å². The van der Waals surface area contributed by atoms with Crippen LogP contribution in [0.4, 0.5) is 37.7 Å². The van der Waals surface area contributed by atoms with E-state index in [1.807, 2.05) is 0 Å². The molecule has 0 fully saturated rings. The van der Waals surface area contributed by atoms with Crippen LogP contribution in [0.2, 0.25) is 0 Å². The minimum atomic E-state index is -4.61. The zero-order chi connectivity index (χ0) is 19.4. The Labute approximate surface area is 144 Å². The lowest BCUT2D eigenvalue weighted by atomic mass is 10.2. The Balaban J connectivity index is 1.93. The molecule has 0 atom stereocenters. The third kappa shape index (κ3) is 5.30. The maximum atomic E-state index is 12.8. The zero-order valence-corrected chi connectivity index (χ0v) is 13.0. The third-order valence-corrected chi connectivity index (χ3v) is 3.21. The Hall–Kier alpha value is -2.91. The van der Waals surface area contributed by atoms with E-state index >= 15 is 0 Å². The van der Waals surface area contributed by atoms with Gasteiger partial charge in [0, 0.05) is 5.69 Å². The molecule has 0 heterocycles. The van der Waals surface area contributed by atoms with E-state index in [0.717, 1.165) is 24.3 Å². The summed E-state index contributed by atoms with van der Waals surface area (Å²) in [7, 11) is 0. The number of hydrogen-bond acceptors (Lipinski definition) is 3. The predicted molar refractivity (Wildman–Crippen MR) is 83.1 cm³/mol. The topological polar surface area (TPSA) is 53.2 Å². The molecule has 4 nitrogen and oxygen atoms in total. The summed E-state index contributed by atoms with van der Waals surface area (Å²) in [6.45, 7) is -0.442. The molecule has 0 saturated carbocycles. The summed E-state index contributed by atoms with van der Waals surface area (Å²) in [5, 5.41) is 2.46. The lowest BCUT2D eigenvalue weighted by molar-refractivity contribution is -0.138. The van der Waals surface area contributed by atoms with Gasteiger partial charge in [0.1, 0.15) is 0 Å². The molecular formula is C16H13F6N3O. The van der Waals surface area contributed by atoms with Gasteiger partial charge in [0.25, 0.3) is 5.91 Å². The molecule has 2 aromatic carbocycles. The lowest BCUT2D eigenvalue weighted by Gasteiger charge is -2.15. The van der Waals surface area contributed by atoms with E-state index in [1.54, 1.807) is 0 Å². The number of hydrogen-bond donors (Lipinski definition) is 3. The predicted octanol–water partition coefficient (Wildman–Crippen LogP) is 4.28. The van der Waals surface area contributed by atoms with Crippen molar-refractivity contribution in [2.45, 2.75) is 12.4 Å². The minimum absolute atomic E-state index is 0.0469. The summed E-state index contributed by atoms with van der Waals surface area (Å²) in [6.07, 6.45) is -9.13. The van der Waals surface area contributed by atoms with E-state index in [1.165, 1.54) is 24.3 Å². The van der Waals surface area contributed by atoms with Crippen molar-refractivity contribution in [2.24, 2.45) is 0 Å². The van der Waals surface area contributed by atoms with Crippen LogP contribution in [0, 0.1) is 0 Å². The van der Waals surface area contributed by atoms with Crippen molar-refractivity contribution in [1.82, 2.24) is 5.43 Å². The molecule has 3 N–H and O–H groups in total. The second-order valence-corrected chi connectivity index (χ2v) is 5.15. The molecule has 2 aromatic rings. The largest absolute Gasteiger partial charge is 0.418 e. The maximum absolute atomic E-state index is 12.8. The number of anilines is 2. The number of rotatable bonds is 5. The van der Waals surface area contributed by atoms with Crippen molar-refractivity contribution >= 4 is 17.3 Å². The summed E-state index contributed by atoms with van der Waals surface area (Å²) in [4.78, 5) is 11.7. The van der Waals surface area contributed by atoms with Gasteiger partial charge >= 0.3 is 12.4 Å². The Morgan fingerprint density at radius 1 is 0.885 bits per heavy atom. The molecule has 0 bridgehead atoms. The highest BCUT2D eigenvalue weighted by atomic mass is 19.4. The number of halogens is 6.